The Labute approximate surface area is 96.8 Å². The molecule has 0 aliphatic carbocycles. The van der Waals surface area contributed by atoms with Gasteiger partial charge in [-0.05, 0) is 26.7 Å². The molecule has 2 amide bonds. The highest BCUT2D eigenvalue weighted by atomic mass is 16.4. The minimum absolute atomic E-state index is 0.0387. The molecule has 0 aromatic rings. The first-order valence-corrected chi connectivity index (χ1v) is 5.86. The zero-order valence-corrected chi connectivity index (χ0v) is 10.2. The van der Waals surface area contributed by atoms with Crippen LogP contribution in [0.3, 0.4) is 0 Å². The van der Waals surface area contributed by atoms with Crippen LogP contribution in [-0.4, -0.2) is 41.6 Å². The average Bonchev–Trinajstić information content (AvgIpc) is 2.24. The van der Waals surface area contributed by atoms with Gasteiger partial charge >= 0.3 is 12.0 Å². The molecule has 5 heteroatoms. The molecule has 0 saturated carbocycles. The van der Waals surface area contributed by atoms with Crippen LogP contribution in [-0.2, 0) is 4.79 Å². The van der Waals surface area contributed by atoms with Crippen LogP contribution >= 0.6 is 0 Å². The van der Waals surface area contributed by atoms with E-state index >= 15 is 0 Å². The molecule has 0 radical (unpaired) electrons. The van der Waals surface area contributed by atoms with Gasteiger partial charge in [0.15, 0.2) is 0 Å². The van der Waals surface area contributed by atoms with Crippen LogP contribution in [0, 0.1) is 0 Å². The number of carboxylic acids is 1. The lowest BCUT2D eigenvalue weighted by molar-refractivity contribution is -0.137. The van der Waals surface area contributed by atoms with Gasteiger partial charge in [-0.2, -0.15) is 0 Å². The molecule has 0 saturated heterocycles. The molecule has 0 fully saturated rings. The molecule has 5 nitrogen and oxygen atoms in total. The molecular formula is C11H22N2O3. The van der Waals surface area contributed by atoms with Crippen LogP contribution in [0.1, 0.15) is 39.5 Å². The van der Waals surface area contributed by atoms with Crippen molar-refractivity contribution < 1.29 is 14.7 Å². The molecule has 0 atom stereocenters. The quantitative estimate of drug-likeness (QED) is 0.623. The molecule has 0 unspecified atom stereocenters. The average molecular weight is 230 g/mol. The van der Waals surface area contributed by atoms with E-state index in [9.17, 15) is 9.59 Å². The van der Waals surface area contributed by atoms with E-state index in [0.29, 0.717) is 26.1 Å². The number of hydrogen-bond acceptors (Lipinski definition) is 2. The predicted octanol–water partition coefficient (Wildman–Crippen LogP) is 1.68. The number of unbranched alkanes of at least 4 members (excludes halogenated alkanes) is 2. The van der Waals surface area contributed by atoms with E-state index < -0.39 is 5.97 Å². The first-order valence-electron chi connectivity index (χ1n) is 5.86. The third-order valence-corrected chi connectivity index (χ3v) is 2.39. The Hall–Kier alpha value is -1.26. The first kappa shape index (κ1) is 14.7. The van der Waals surface area contributed by atoms with Gasteiger partial charge in [-0.1, -0.05) is 6.42 Å². The highest BCUT2D eigenvalue weighted by Crippen LogP contribution is 1.98. The Morgan fingerprint density at radius 1 is 1.12 bits per heavy atom. The van der Waals surface area contributed by atoms with Crippen molar-refractivity contribution in [3.63, 3.8) is 0 Å². The molecule has 94 valence electrons. The Bertz CT molecular complexity index is 215. The number of urea groups is 1. The van der Waals surface area contributed by atoms with E-state index in [0.717, 1.165) is 12.8 Å². The van der Waals surface area contributed by atoms with Gasteiger partial charge in [0.1, 0.15) is 0 Å². The van der Waals surface area contributed by atoms with E-state index in [2.05, 4.69) is 5.32 Å². The molecule has 0 aromatic carbocycles. The summed E-state index contributed by atoms with van der Waals surface area (Å²) in [7, 11) is 0. The van der Waals surface area contributed by atoms with Gasteiger partial charge in [0.2, 0.25) is 0 Å². The number of rotatable bonds is 8. The molecule has 0 bridgehead atoms. The summed E-state index contributed by atoms with van der Waals surface area (Å²) in [5.74, 6) is -0.757. The van der Waals surface area contributed by atoms with Crippen molar-refractivity contribution in [2.24, 2.45) is 0 Å². The minimum atomic E-state index is -0.757. The predicted molar refractivity (Wildman–Crippen MR) is 62.4 cm³/mol. The lowest BCUT2D eigenvalue weighted by atomic mass is 10.2. The SMILES string of the molecule is CCN(CC)C(=O)NCCCCCC(=O)O. The zero-order chi connectivity index (χ0) is 12.4. The summed E-state index contributed by atoms with van der Waals surface area (Å²) in [5, 5.41) is 11.2. The van der Waals surface area contributed by atoms with Crippen LogP contribution in [0.25, 0.3) is 0 Å². The van der Waals surface area contributed by atoms with Crippen molar-refractivity contribution in [2.75, 3.05) is 19.6 Å². The maximum Gasteiger partial charge on any atom is 0.317 e. The molecule has 2 N–H and O–H groups in total. The normalized spacial score (nSPS) is 9.88. The van der Waals surface area contributed by atoms with Crippen molar-refractivity contribution in [1.82, 2.24) is 10.2 Å². The summed E-state index contributed by atoms with van der Waals surface area (Å²) >= 11 is 0. The van der Waals surface area contributed by atoms with Gasteiger partial charge in [0.25, 0.3) is 0 Å². The zero-order valence-electron chi connectivity index (χ0n) is 10.2. The number of carbonyl (C=O) groups is 2. The van der Waals surface area contributed by atoms with E-state index in [4.69, 9.17) is 5.11 Å². The topological polar surface area (TPSA) is 69.6 Å². The highest BCUT2D eigenvalue weighted by molar-refractivity contribution is 5.73. The fourth-order valence-electron chi connectivity index (χ4n) is 1.40. The van der Waals surface area contributed by atoms with Crippen LogP contribution in [0.4, 0.5) is 4.79 Å². The fraction of sp³-hybridized carbons (Fsp3) is 0.818. The van der Waals surface area contributed by atoms with Gasteiger partial charge < -0.3 is 15.3 Å². The number of carbonyl (C=O) groups excluding carboxylic acids is 1. The highest BCUT2D eigenvalue weighted by Gasteiger charge is 2.07. The lowest BCUT2D eigenvalue weighted by Gasteiger charge is -2.19. The number of aliphatic carboxylic acids is 1. The summed E-state index contributed by atoms with van der Waals surface area (Å²) in [6.07, 6.45) is 2.56. The maximum absolute atomic E-state index is 11.5. The lowest BCUT2D eigenvalue weighted by Crippen LogP contribution is -2.40. The smallest absolute Gasteiger partial charge is 0.317 e. The van der Waals surface area contributed by atoms with Crippen molar-refractivity contribution in [3.8, 4) is 0 Å². The molecule has 16 heavy (non-hydrogen) atoms. The van der Waals surface area contributed by atoms with Gasteiger partial charge in [-0.3, -0.25) is 4.79 Å². The summed E-state index contributed by atoms with van der Waals surface area (Å²) in [6.45, 7) is 5.92. The Kier molecular flexibility index (Phi) is 8.29. The van der Waals surface area contributed by atoms with E-state index in [1.165, 1.54) is 0 Å². The first-order chi connectivity index (χ1) is 7.61. The number of hydrogen-bond donors (Lipinski definition) is 2. The number of nitrogens with zero attached hydrogens (tertiary/aromatic N) is 1. The van der Waals surface area contributed by atoms with Crippen LogP contribution < -0.4 is 5.32 Å². The second kappa shape index (κ2) is 9.00. The van der Waals surface area contributed by atoms with Crippen molar-refractivity contribution in [1.29, 1.82) is 0 Å². The molecule has 0 heterocycles. The standard InChI is InChI=1S/C11H22N2O3/c1-3-13(4-2)11(16)12-9-7-5-6-8-10(14)15/h3-9H2,1-2H3,(H,12,16)(H,14,15). The van der Waals surface area contributed by atoms with Crippen LogP contribution in [0.15, 0.2) is 0 Å². The molecule has 0 aliphatic rings. The van der Waals surface area contributed by atoms with Crippen LogP contribution in [0.2, 0.25) is 0 Å². The molecule has 0 rings (SSSR count). The summed E-state index contributed by atoms with van der Waals surface area (Å²) in [4.78, 5) is 23.4. The molecule has 0 aromatic heterocycles. The second-order valence-corrected chi connectivity index (χ2v) is 3.61. The third kappa shape index (κ3) is 7.09. The second-order valence-electron chi connectivity index (χ2n) is 3.61. The van der Waals surface area contributed by atoms with E-state index in [-0.39, 0.29) is 12.5 Å². The van der Waals surface area contributed by atoms with Gasteiger partial charge in [0, 0.05) is 26.1 Å². The largest absolute Gasteiger partial charge is 0.481 e. The van der Waals surface area contributed by atoms with Crippen LogP contribution in [0.5, 0.6) is 0 Å². The number of nitrogens with one attached hydrogen (secondary N) is 1. The third-order valence-electron chi connectivity index (χ3n) is 2.39. The molecule has 0 spiro atoms. The Morgan fingerprint density at radius 2 is 1.75 bits per heavy atom. The fourth-order valence-corrected chi connectivity index (χ4v) is 1.40. The van der Waals surface area contributed by atoms with E-state index in [1.807, 2.05) is 13.8 Å². The van der Waals surface area contributed by atoms with E-state index in [1.54, 1.807) is 4.90 Å². The number of amides is 2. The molecular weight excluding hydrogens is 208 g/mol. The van der Waals surface area contributed by atoms with Crippen molar-refractivity contribution >= 4 is 12.0 Å². The van der Waals surface area contributed by atoms with Gasteiger partial charge in [-0.15, -0.1) is 0 Å². The summed E-state index contributed by atoms with van der Waals surface area (Å²) in [6, 6.07) is -0.0387. The van der Waals surface area contributed by atoms with Crippen molar-refractivity contribution in [2.45, 2.75) is 39.5 Å². The van der Waals surface area contributed by atoms with Gasteiger partial charge in [-0.25, -0.2) is 4.79 Å². The summed E-state index contributed by atoms with van der Waals surface area (Å²) < 4.78 is 0. The Balaban J connectivity index is 3.44. The molecule has 0 aliphatic heterocycles. The summed E-state index contributed by atoms with van der Waals surface area (Å²) in [5.41, 5.74) is 0. The van der Waals surface area contributed by atoms with Gasteiger partial charge in [0.05, 0.1) is 0 Å². The maximum atomic E-state index is 11.5. The minimum Gasteiger partial charge on any atom is -0.481 e. The van der Waals surface area contributed by atoms with Crippen molar-refractivity contribution in [3.05, 3.63) is 0 Å². The number of carboxylic acid groups (broad SMARTS) is 1. The Morgan fingerprint density at radius 3 is 2.25 bits per heavy atom. The monoisotopic (exact) mass is 230 g/mol.